The number of hydrogen-bond acceptors (Lipinski definition) is 3. The molecule has 2 aromatic heterocycles. The second kappa shape index (κ2) is 4.59. The number of aromatic nitrogens is 1. The normalized spacial score (nSPS) is 12.7. The van der Waals surface area contributed by atoms with Gasteiger partial charge in [0.15, 0.2) is 0 Å². The van der Waals surface area contributed by atoms with E-state index in [1.165, 1.54) is 0 Å². The van der Waals surface area contributed by atoms with Gasteiger partial charge in [-0.1, -0.05) is 6.07 Å². The summed E-state index contributed by atoms with van der Waals surface area (Å²) in [4.78, 5) is 4.14. The predicted molar refractivity (Wildman–Crippen MR) is 59.3 cm³/mol. The average molecular weight is 268 g/mol. The molecule has 3 nitrogen and oxygen atoms in total. The zero-order valence-corrected chi connectivity index (χ0v) is 9.52. The third kappa shape index (κ3) is 2.46. The van der Waals surface area contributed by atoms with Crippen molar-refractivity contribution in [3.8, 4) is 0 Å². The summed E-state index contributed by atoms with van der Waals surface area (Å²) < 4.78 is 5.96. The molecule has 0 fully saturated rings. The van der Waals surface area contributed by atoms with Crippen LogP contribution < -0.4 is 0 Å². The number of pyridine rings is 1. The lowest BCUT2D eigenvalue weighted by Crippen LogP contribution is -2.02. The summed E-state index contributed by atoms with van der Waals surface area (Å²) in [6.45, 7) is 0. The standard InChI is InChI=1S/C11H10BrNO2/c12-9-4-6-15-11(9)10(14)7-8-3-1-2-5-13-8/h1-6,10,14H,7H2. The third-order valence-corrected chi connectivity index (χ3v) is 2.73. The fraction of sp³-hybridized carbons (Fsp3) is 0.182. The van der Waals surface area contributed by atoms with E-state index in [0.717, 1.165) is 10.2 Å². The van der Waals surface area contributed by atoms with Gasteiger partial charge in [0.25, 0.3) is 0 Å². The van der Waals surface area contributed by atoms with Crippen molar-refractivity contribution in [2.75, 3.05) is 0 Å². The van der Waals surface area contributed by atoms with E-state index in [1.807, 2.05) is 18.2 Å². The lowest BCUT2D eigenvalue weighted by Gasteiger charge is -2.07. The third-order valence-electron chi connectivity index (χ3n) is 2.08. The molecule has 0 radical (unpaired) electrons. The van der Waals surface area contributed by atoms with Crippen LogP contribution in [0.25, 0.3) is 0 Å². The van der Waals surface area contributed by atoms with Gasteiger partial charge < -0.3 is 9.52 Å². The molecule has 4 heteroatoms. The number of nitrogens with zero attached hydrogens (tertiary/aromatic N) is 1. The molecule has 0 aliphatic carbocycles. The molecule has 0 aliphatic heterocycles. The van der Waals surface area contributed by atoms with E-state index in [2.05, 4.69) is 20.9 Å². The Morgan fingerprint density at radius 3 is 2.87 bits per heavy atom. The van der Waals surface area contributed by atoms with Crippen LogP contribution in [0, 0.1) is 0 Å². The van der Waals surface area contributed by atoms with Gasteiger partial charge >= 0.3 is 0 Å². The minimum Gasteiger partial charge on any atom is -0.465 e. The highest BCUT2D eigenvalue weighted by molar-refractivity contribution is 9.10. The van der Waals surface area contributed by atoms with Crippen molar-refractivity contribution >= 4 is 15.9 Å². The van der Waals surface area contributed by atoms with Crippen LogP contribution in [-0.2, 0) is 6.42 Å². The Hall–Kier alpha value is -1.13. The van der Waals surface area contributed by atoms with Crippen LogP contribution in [0.15, 0.2) is 45.6 Å². The largest absolute Gasteiger partial charge is 0.465 e. The smallest absolute Gasteiger partial charge is 0.146 e. The maximum atomic E-state index is 9.88. The molecular formula is C11H10BrNO2. The molecule has 0 saturated carbocycles. The second-order valence-electron chi connectivity index (χ2n) is 3.17. The first-order chi connectivity index (χ1) is 7.27. The van der Waals surface area contributed by atoms with Crippen molar-refractivity contribution in [3.63, 3.8) is 0 Å². The van der Waals surface area contributed by atoms with E-state index in [9.17, 15) is 5.11 Å². The highest BCUT2D eigenvalue weighted by Crippen LogP contribution is 2.26. The fourth-order valence-corrected chi connectivity index (χ4v) is 1.82. The molecule has 2 heterocycles. The Labute approximate surface area is 95.9 Å². The van der Waals surface area contributed by atoms with E-state index in [4.69, 9.17) is 4.42 Å². The SMILES string of the molecule is OC(Cc1ccccn1)c1occc1Br. The van der Waals surface area contributed by atoms with Crippen molar-refractivity contribution < 1.29 is 9.52 Å². The molecule has 0 aliphatic rings. The maximum absolute atomic E-state index is 9.88. The molecule has 1 unspecified atom stereocenters. The molecular weight excluding hydrogens is 258 g/mol. The minimum atomic E-state index is -0.663. The van der Waals surface area contributed by atoms with Gasteiger partial charge in [-0.05, 0) is 34.1 Å². The predicted octanol–water partition coefficient (Wildman–Crippen LogP) is 2.71. The Balaban J connectivity index is 2.11. The number of aliphatic hydroxyl groups excluding tert-OH is 1. The first-order valence-corrected chi connectivity index (χ1v) is 5.37. The summed E-state index contributed by atoms with van der Waals surface area (Å²) in [6.07, 6.45) is 3.04. The number of halogens is 1. The van der Waals surface area contributed by atoms with Crippen LogP contribution in [0.3, 0.4) is 0 Å². The van der Waals surface area contributed by atoms with Crippen molar-refractivity contribution in [3.05, 3.63) is 52.7 Å². The van der Waals surface area contributed by atoms with Gasteiger partial charge in [-0.25, -0.2) is 0 Å². The Kier molecular flexibility index (Phi) is 3.18. The zero-order valence-electron chi connectivity index (χ0n) is 7.93. The molecule has 78 valence electrons. The van der Waals surface area contributed by atoms with E-state index in [1.54, 1.807) is 18.5 Å². The van der Waals surface area contributed by atoms with Crippen LogP contribution in [0.4, 0.5) is 0 Å². The van der Waals surface area contributed by atoms with Crippen LogP contribution in [0.1, 0.15) is 17.6 Å². The summed E-state index contributed by atoms with van der Waals surface area (Å²) in [5.41, 5.74) is 0.841. The van der Waals surface area contributed by atoms with E-state index in [0.29, 0.717) is 12.2 Å². The van der Waals surface area contributed by atoms with Crippen LogP contribution in [-0.4, -0.2) is 10.1 Å². The molecule has 15 heavy (non-hydrogen) atoms. The van der Waals surface area contributed by atoms with E-state index >= 15 is 0 Å². The second-order valence-corrected chi connectivity index (χ2v) is 4.03. The van der Waals surface area contributed by atoms with Crippen molar-refractivity contribution in [2.24, 2.45) is 0 Å². The molecule has 2 aromatic rings. The fourth-order valence-electron chi connectivity index (χ4n) is 1.35. The Bertz CT molecular complexity index is 427. The van der Waals surface area contributed by atoms with Gasteiger partial charge in [-0.2, -0.15) is 0 Å². The number of hydrogen-bond donors (Lipinski definition) is 1. The monoisotopic (exact) mass is 267 g/mol. The molecule has 0 saturated heterocycles. The highest BCUT2D eigenvalue weighted by Gasteiger charge is 2.15. The first kappa shape index (κ1) is 10.4. The van der Waals surface area contributed by atoms with Crippen molar-refractivity contribution in [2.45, 2.75) is 12.5 Å². The first-order valence-electron chi connectivity index (χ1n) is 4.58. The van der Waals surface area contributed by atoms with Gasteiger partial charge in [0, 0.05) is 18.3 Å². The minimum absolute atomic E-state index is 0.451. The quantitative estimate of drug-likeness (QED) is 0.930. The molecule has 0 amide bonds. The maximum Gasteiger partial charge on any atom is 0.146 e. The van der Waals surface area contributed by atoms with Gasteiger partial charge in [0.05, 0.1) is 10.7 Å². The van der Waals surface area contributed by atoms with Gasteiger partial charge in [-0.3, -0.25) is 4.98 Å². The van der Waals surface area contributed by atoms with Crippen LogP contribution in [0.2, 0.25) is 0 Å². The summed E-state index contributed by atoms with van der Waals surface area (Å²) in [6, 6.07) is 7.38. The zero-order chi connectivity index (χ0) is 10.7. The number of rotatable bonds is 3. The highest BCUT2D eigenvalue weighted by atomic mass is 79.9. The van der Waals surface area contributed by atoms with Crippen molar-refractivity contribution in [1.82, 2.24) is 4.98 Å². The molecule has 0 spiro atoms. The lowest BCUT2D eigenvalue weighted by atomic mass is 10.1. The molecule has 0 aromatic carbocycles. The number of aliphatic hydroxyl groups is 1. The average Bonchev–Trinajstić information content (AvgIpc) is 2.66. The van der Waals surface area contributed by atoms with Gasteiger partial charge in [0.1, 0.15) is 11.9 Å². The summed E-state index contributed by atoms with van der Waals surface area (Å²) in [7, 11) is 0. The van der Waals surface area contributed by atoms with Crippen LogP contribution in [0.5, 0.6) is 0 Å². The summed E-state index contributed by atoms with van der Waals surface area (Å²) >= 11 is 3.31. The molecule has 1 atom stereocenters. The number of furan rings is 1. The molecule has 0 bridgehead atoms. The van der Waals surface area contributed by atoms with E-state index < -0.39 is 6.10 Å². The summed E-state index contributed by atoms with van der Waals surface area (Å²) in [5.74, 6) is 0.542. The van der Waals surface area contributed by atoms with Crippen molar-refractivity contribution in [1.29, 1.82) is 0 Å². The van der Waals surface area contributed by atoms with Crippen LogP contribution >= 0.6 is 15.9 Å². The lowest BCUT2D eigenvalue weighted by molar-refractivity contribution is 0.148. The van der Waals surface area contributed by atoms with E-state index in [-0.39, 0.29) is 0 Å². The topological polar surface area (TPSA) is 46.3 Å². The van der Waals surface area contributed by atoms with Gasteiger partial charge in [0.2, 0.25) is 0 Å². The molecule has 2 rings (SSSR count). The summed E-state index contributed by atoms with van der Waals surface area (Å²) in [5, 5.41) is 9.88. The molecule has 1 N–H and O–H groups in total. The Morgan fingerprint density at radius 1 is 1.40 bits per heavy atom. The Morgan fingerprint density at radius 2 is 2.27 bits per heavy atom. The van der Waals surface area contributed by atoms with Gasteiger partial charge in [-0.15, -0.1) is 0 Å².